The van der Waals surface area contributed by atoms with Gasteiger partial charge in [-0.15, -0.1) is 0 Å². The van der Waals surface area contributed by atoms with Crippen LogP contribution in [0.4, 0.5) is 18.4 Å². The molecule has 14 heteroatoms. The summed E-state index contributed by atoms with van der Waals surface area (Å²) >= 11 is 0. The Hall–Kier alpha value is -4.88. The van der Waals surface area contributed by atoms with Crippen molar-refractivity contribution in [3.8, 4) is 0 Å². The van der Waals surface area contributed by atoms with Crippen LogP contribution in [0.2, 0.25) is 0 Å². The Balaban J connectivity index is 1.24. The summed E-state index contributed by atoms with van der Waals surface area (Å²) in [7, 11) is 0. The molecule has 2 atom stereocenters. The maximum atomic E-state index is 13.8. The molecule has 0 spiro atoms. The smallest absolute Gasteiger partial charge is 0.327 e. The molecular formula is C38H48F2N4O8. The molecule has 282 valence electrons. The first-order chi connectivity index (χ1) is 25.0. The highest BCUT2D eigenvalue weighted by Gasteiger charge is 2.45. The molecule has 4 rings (SSSR count). The molecule has 0 radical (unpaired) electrons. The van der Waals surface area contributed by atoms with Crippen molar-refractivity contribution in [1.82, 2.24) is 19.6 Å². The van der Waals surface area contributed by atoms with Crippen LogP contribution in [0.3, 0.4) is 0 Å². The number of imide groups is 2. The second-order valence-corrected chi connectivity index (χ2v) is 12.9. The minimum atomic E-state index is -0.856. The zero-order chi connectivity index (χ0) is 37.6. The van der Waals surface area contributed by atoms with Crippen molar-refractivity contribution in [1.29, 1.82) is 0 Å². The molecule has 2 saturated heterocycles. The van der Waals surface area contributed by atoms with Gasteiger partial charge in [0.25, 0.3) is 11.8 Å². The van der Waals surface area contributed by atoms with Gasteiger partial charge in [-0.05, 0) is 74.9 Å². The molecule has 52 heavy (non-hydrogen) atoms. The summed E-state index contributed by atoms with van der Waals surface area (Å²) < 4.78 is 37.7. The maximum Gasteiger partial charge on any atom is 0.327 e. The van der Waals surface area contributed by atoms with Crippen LogP contribution in [0.15, 0.2) is 48.5 Å². The number of benzene rings is 2. The number of esters is 2. The van der Waals surface area contributed by atoms with Crippen molar-refractivity contribution >= 4 is 35.8 Å². The SMILES string of the molecule is CCOC(=O)CCC1C(=O)N(CCCCCCCCN2C(=O)C(CCC(=O)OCC)N(Cc3cccc(F)c3)C2=O)C(=O)N1Cc1cccc(F)c1. The minimum absolute atomic E-state index is 0.0288. The third-order valence-corrected chi connectivity index (χ3v) is 9.16. The molecule has 0 aliphatic carbocycles. The summed E-state index contributed by atoms with van der Waals surface area (Å²) in [6, 6.07) is 8.98. The fourth-order valence-electron chi connectivity index (χ4n) is 6.60. The van der Waals surface area contributed by atoms with Gasteiger partial charge in [0, 0.05) is 39.0 Å². The van der Waals surface area contributed by atoms with E-state index in [1.54, 1.807) is 26.0 Å². The summed E-state index contributed by atoms with van der Waals surface area (Å²) in [6.07, 6.45) is 4.33. The van der Waals surface area contributed by atoms with Crippen LogP contribution in [-0.4, -0.2) is 93.8 Å². The van der Waals surface area contributed by atoms with Crippen LogP contribution >= 0.6 is 0 Å². The Morgan fingerprint density at radius 1 is 0.615 bits per heavy atom. The van der Waals surface area contributed by atoms with Gasteiger partial charge in [-0.2, -0.15) is 0 Å². The van der Waals surface area contributed by atoms with Gasteiger partial charge in [-0.3, -0.25) is 29.0 Å². The highest BCUT2D eigenvalue weighted by atomic mass is 19.1. The molecule has 0 saturated carbocycles. The lowest BCUT2D eigenvalue weighted by atomic mass is 10.1. The number of ether oxygens (including phenoxy) is 2. The van der Waals surface area contributed by atoms with Gasteiger partial charge in [0.15, 0.2) is 0 Å². The average molecular weight is 727 g/mol. The first kappa shape index (κ1) is 39.9. The first-order valence-corrected chi connectivity index (χ1v) is 18.1. The summed E-state index contributed by atoms with van der Waals surface area (Å²) in [6.45, 7) is 4.27. The molecule has 6 amide bonds. The standard InChI is InChI=1S/C38H48F2N4O8/c1-3-51-33(45)19-17-31-35(47)41(37(49)43(31)25-27-13-11-15-29(39)23-27)21-9-7-5-6-8-10-22-42-36(48)32(18-20-34(46)52-4-2)44(38(42)50)26-28-14-12-16-30(40)24-28/h11-16,23-24,31-32H,3-10,17-22,25-26H2,1-2H3. The van der Waals surface area contributed by atoms with Crippen molar-refractivity contribution in [2.45, 2.75) is 103 Å². The molecule has 0 bridgehead atoms. The third kappa shape index (κ3) is 10.8. The van der Waals surface area contributed by atoms with E-state index in [0.717, 1.165) is 25.7 Å². The van der Waals surface area contributed by atoms with Crippen LogP contribution in [-0.2, 0) is 41.7 Å². The Kier molecular flexibility index (Phi) is 15.1. The van der Waals surface area contributed by atoms with Gasteiger partial charge in [-0.25, -0.2) is 18.4 Å². The van der Waals surface area contributed by atoms with Gasteiger partial charge in [0.05, 0.1) is 13.2 Å². The number of hydrogen-bond acceptors (Lipinski definition) is 8. The van der Waals surface area contributed by atoms with Crippen molar-refractivity contribution < 1.29 is 47.0 Å². The Morgan fingerprint density at radius 3 is 1.37 bits per heavy atom. The average Bonchev–Trinajstić information content (AvgIpc) is 3.46. The van der Waals surface area contributed by atoms with E-state index >= 15 is 0 Å². The molecule has 2 aliphatic heterocycles. The Labute approximate surface area is 303 Å². The van der Waals surface area contributed by atoms with Gasteiger partial charge in [0.2, 0.25) is 0 Å². The fourth-order valence-corrected chi connectivity index (χ4v) is 6.60. The summed E-state index contributed by atoms with van der Waals surface area (Å²) in [5.74, 6) is -2.60. The normalized spacial score (nSPS) is 17.5. The lowest BCUT2D eigenvalue weighted by molar-refractivity contribution is -0.144. The predicted octanol–water partition coefficient (Wildman–Crippen LogP) is 5.96. The number of urea groups is 2. The molecule has 2 aromatic rings. The van der Waals surface area contributed by atoms with Gasteiger partial charge in [0.1, 0.15) is 23.7 Å². The number of amides is 6. The quantitative estimate of drug-likeness (QED) is 0.0875. The molecule has 2 aliphatic rings. The highest BCUT2D eigenvalue weighted by Crippen LogP contribution is 2.27. The topological polar surface area (TPSA) is 134 Å². The number of rotatable bonds is 21. The molecule has 0 aromatic heterocycles. The number of hydrogen-bond donors (Lipinski definition) is 0. The van der Waals surface area contributed by atoms with Crippen LogP contribution in [0, 0.1) is 11.6 Å². The molecule has 2 heterocycles. The Morgan fingerprint density at radius 2 is 1.00 bits per heavy atom. The van der Waals surface area contributed by atoms with Crippen LogP contribution < -0.4 is 0 Å². The summed E-state index contributed by atoms with van der Waals surface area (Å²) in [5, 5.41) is 0. The summed E-state index contributed by atoms with van der Waals surface area (Å²) in [5.41, 5.74) is 1.07. The molecule has 2 unspecified atom stereocenters. The molecule has 0 N–H and O–H groups in total. The van der Waals surface area contributed by atoms with Crippen molar-refractivity contribution in [3.63, 3.8) is 0 Å². The lowest BCUT2D eigenvalue weighted by Gasteiger charge is -2.22. The zero-order valence-electron chi connectivity index (χ0n) is 29.9. The van der Waals surface area contributed by atoms with E-state index < -0.39 is 59.5 Å². The van der Waals surface area contributed by atoms with E-state index in [4.69, 9.17) is 9.47 Å². The van der Waals surface area contributed by atoms with Crippen molar-refractivity contribution in [2.24, 2.45) is 0 Å². The highest BCUT2D eigenvalue weighted by molar-refractivity contribution is 6.05. The fraction of sp³-hybridized carbons (Fsp3) is 0.526. The van der Waals surface area contributed by atoms with Crippen molar-refractivity contribution in [2.75, 3.05) is 26.3 Å². The Bertz CT molecular complexity index is 1470. The van der Waals surface area contributed by atoms with Gasteiger partial charge < -0.3 is 19.3 Å². The number of halogens is 2. The van der Waals surface area contributed by atoms with E-state index in [2.05, 4.69) is 0 Å². The van der Waals surface area contributed by atoms with E-state index in [1.807, 2.05) is 0 Å². The molecule has 2 aromatic carbocycles. The minimum Gasteiger partial charge on any atom is -0.466 e. The second kappa shape index (κ2) is 19.7. The van der Waals surface area contributed by atoms with Gasteiger partial charge in [-0.1, -0.05) is 49.9 Å². The number of carbonyl (C=O) groups is 6. The lowest BCUT2D eigenvalue weighted by Crippen LogP contribution is -2.35. The third-order valence-electron chi connectivity index (χ3n) is 9.16. The van der Waals surface area contributed by atoms with Gasteiger partial charge >= 0.3 is 24.0 Å². The number of unbranched alkanes of at least 4 members (excludes halogenated alkanes) is 5. The molecule has 12 nitrogen and oxygen atoms in total. The monoisotopic (exact) mass is 726 g/mol. The molecule has 2 fully saturated rings. The largest absolute Gasteiger partial charge is 0.466 e. The number of carbonyl (C=O) groups excluding carboxylic acids is 6. The summed E-state index contributed by atoms with van der Waals surface area (Å²) in [4.78, 5) is 82.6. The molecular weight excluding hydrogens is 678 g/mol. The second-order valence-electron chi connectivity index (χ2n) is 12.9. The first-order valence-electron chi connectivity index (χ1n) is 18.1. The number of nitrogens with zero attached hydrogens (tertiary/aromatic N) is 4. The van der Waals surface area contributed by atoms with E-state index in [0.29, 0.717) is 24.0 Å². The zero-order valence-corrected chi connectivity index (χ0v) is 29.9. The van der Waals surface area contributed by atoms with Crippen LogP contribution in [0.25, 0.3) is 0 Å². The van der Waals surface area contributed by atoms with Crippen LogP contribution in [0.5, 0.6) is 0 Å². The van der Waals surface area contributed by atoms with Crippen molar-refractivity contribution in [3.05, 3.63) is 71.3 Å². The van der Waals surface area contributed by atoms with E-state index in [-0.39, 0.29) is 65.1 Å². The predicted molar refractivity (Wildman–Crippen MR) is 185 cm³/mol. The maximum absolute atomic E-state index is 13.8. The van der Waals surface area contributed by atoms with Crippen LogP contribution in [0.1, 0.15) is 89.2 Å². The van der Waals surface area contributed by atoms with E-state index in [9.17, 15) is 37.5 Å². The van der Waals surface area contributed by atoms with E-state index in [1.165, 1.54) is 56.0 Å².